The van der Waals surface area contributed by atoms with Crippen molar-refractivity contribution in [2.24, 2.45) is 0 Å². The molecule has 7 heteroatoms. The fourth-order valence-corrected chi connectivity index (χ4v) is 0. The molecule has 0 amide bonds. The quantitative estimate of drug-likeness (QED) is 0.485. The highest BCUT2D eigenvalue weighted by molar-refractivity contribution is 8.41. The Labute approximate surface area is 48.9 Å². The van der Waals surface area contributed by atoms with Gasteiger partial charge in [-0.15, -0.1) is 0 Å². The molecule has 0 aliphatic heterocycles. The summed E-state index contributed by atoms with van der Waals surface area (Å²) >= 11 is 0. The van der Waals surface area contributed by atoms with Crippen molar-refractivity contribution in [3.63, 3.8) is 0 Å². The Morgan fingerprint density at radius 1 is 0.667 bits per heavy atom. The fourth-order valence-electron chi connectivity index (χ4n) is 0. The van der Waals surface area contributed by atoms with Gasteiger partial charge in [-0.3, -0.25) is 0 Å². The smallest absolute Gasteiger partial charge is 0.0719 e. The van der Waals surface area contributed by atoms with Gasteiger partial charge in [0.25, 0.3) is 0 Å². The van der Waals surface area contributed by atoms with E-state index in [4.69, 9.17) is 0 Å². The molecule has 0 fully saturated rings. The molecular formula is C2H6F6S. The van der Waals surface area contributed by atoms with E-state index in [-0.39, 0.29) is 0 Å². The van der Waals surface area contributed by atoms with E-state index in [1.54, 1.807) is 0 Å². The number of halogens is 6. The van der Waals surface area contributed by atoms with Gasteiger partial charge in [-0.05, 0) is 0 Å². The molecule has 0 aromatic rings. The van der Waals surface area contributed by atoms with E-state index in [9.17, 15) is 23.3 Å². The van der Waals surface area contributed by atoms with Gasteiger partial charge in [0, 0.05) is 0 Å². The standard InChI is InChI=1S/C2H6.F6S/c1-2;1-7(2,3,4,5)6/h1-2H3;. The summed E-state index contributed by atoms with van der Waals surface area (Å²) in [6.07, 6.45) is 0. The second-order valence-electron chi connectivity index (χ2n) is 0.875. The molecule has 0 saturated heterocycles. The summed E-state index contributed by atoms with van der Waals surface area (Å²) in [5.41, 5.74) is 0. The Hall–Kier alpha value is -0.0700. The summed E-state index contributed by atoms with van der Waals surface area (Å²) in [6.45, 7) is 4.00. The molecule has 0 aliphatic rings. The van der Waals surface area contributed by atoms with Crippen molar-refractivity contribution in [2.75, 3.05) is 0 Å². The predicted molar refractivity (Wildman–Crippen MR) is 25.6 cm³/mol. The van der Waals surface area contributed by atoms with E-state index in [1.807, 2.05) is 13.8 Å². The topological polar surface area (TPSA) is 0 Å². The zero-order valence-corrected chi connectivity index (χ0v) is 5.49. The molecule has 0 rings (SSSR count). The molecule has 0 nitrogen and oxygen atoms in total. The maximum absolute atomic E-state index is 10.5. The van der Waals surface area contributed by atoms with Gasteiger partial charge in [0.05, 0.1) is 0 Å². The lowest BCUT2D eigenvalue weighted by atomic mass is 11.0. The van der Waals surface area contributed by atoms with Crippen LogP contribution in [0.15, 0.2) is 0 Å². The van der Waals surface area contributed by atoms with E-state index in [0.29, 0.717) is 0 Å². The molecule has 0 heterocycles. The van der Waals surface area contributed by atoms with Crippen LogP contribution in [0.3, 0.4) is 0 Å². The van der Waals surface area contributed by atoms with Gasteiger partial charge in [-0.25, -0.2) is 0 Å². The predicted octanol–water partition coefficient (Wildman–Crippen LogP) is 4.20. The number of rotatable bonds is 0. The zero-order valence-electron chi connectivity index (χ0n) is 4.68. The molecular weight excluding hydrogens is 170 g/mol. The lowest BCUT2D eigenvalue weighted by Gasteiger charge is -2.28. The first-order valence-corrected chi connectivity index (χ1v) is 3.78. The Balaban J connectivity index is 0. The Bertz CT molecular complexity index is 69.6. The Morgan fingerprint density at radius 2 is 0.667 bits per heavy atom. The first kappa shape index (κ1) is 11.7. The van der Waals surface area contributed by atoms with Gasteiger partial charge in [0.2, 0.25) is 0 Å². The highest BCUT2D eigenvalue weighted by Crippen LogP contribution is 2.99. The third-order valence-corrected chi connectivity index (χ3v) is 0. The minimum absolute atomic E-state index is 2.00. The van der Waals surface area contributed by atoms with Crippen molar-refractivity contribution in [1.82, 2.24) is 0 Å². The van der Waals surface area contributed by atoms with Gasteiger partial charge >= 0.3 is 10.6 Å². The van der Waals surface area contributed by atoms with Crippen LogP contribution in [0.5, 0.6) is 0 Å². The summed E-state index contributed by atoms with van der Waals surface area (Å²) in [7, 11) is -10.5. The van der Waals surface area contributed by atoms with Gasteiger partial charge < -0.3 is 0 Å². The summed E-state index contributed by atoms with van der Waals surface area (Å²) in [6, 6.07) is 0. The number of hydrogen-bond donors (Lipinski definition) is 0. The van der Waals surface area contributed by atoms with Gasteiger partial charge in [-0.2, -0.15) is 0 Å². The van der Waals surface area contributed by atoms with Crippen molar-refractivity contribution in [2.45, 2.75) is 13.8 Å². The molecule has 0 atom stereocenters. The summed E-state index contributed by atoms with van der Waals surface area (Å²) in [4.78, 5) is 0. The van der Waals surface area contributed by atoms with Crippen LogP contribution in [-0.4, -0.2) is 0 Å². The van der Waals surface area contributed by atoms with Crippen LogP contribution in [0.2, 0.25) is 0 Å². The maximum Gasteiger partial charge on any atom is 0.431 e. The monoisotopic (exact) mass is 176 g/mol. The highest BCUT2D eigenvalue weighted by atomic mass is 32.5. The van der Waals surface area contributed by atoms with Crippen molar-refractivity contribution in [3.8, 4) is 0 Å². The Kier molecular flexibility index (Phi) is 2.22. The van der Waals surface area contributed by atoms with Gasteiger partial charge in [0.15, 0.2) is 0 Å². The summed E-state index contributed by atoms with van der Waals surface area (Å²) < 4.78 is 59.1. The van der Waals surface area contributed by atoms with Crippen molar-refractivity contribution in [1.29, 1.82) is 0 Å². The van der Waals surface area contributed by atoms with Crippen LogP contribution in [0.1, 0.15) is 13.8 Å². The molecule has 62 valence electrons. The molecule has 0 bridgehead atoms. The fraction of sp³-hybridized carbons (Fsp3) is 1.00. The van der Waals surface area contributed by atoms with Crippen LogP contribution in [-0.2, 0) is 0 Å². The third-order valence-electron chi connectivity index (χ3n) is 0. The molecule has 0 N–H and O–H groups in total. The van der Waals surface area contributed by atoms with Crippen LogP contribution >= 0.6 is 10.6 Å². The van der Waals surface area contributed by atoms with E-state index in [1.165, 1.54) is 0 Å². The largest absolute Gasteiger partial charge is 0.431 e. The van der Waals surface area contributed by atoms with E-state index in [2.05, 4.69) is 0 Å². The molecule has 9 heavy (non-hydrogen) atoms. The molecule has 0 aromatic heterocycles. The lowest BCUT2D eigenvalue weighted by molar-refractivity contribution is 0.291. The molecule has 0 saturated carbocycles. The van der Waals surface area contributed by atoms with Crippen LogP contribution in [0.4, 0.5) is 23.3 Å². The minimum Gasteiger partial charge on any atom is -0.0719 e. The van der Waals surface area contributed by atoms with Crippen LogP contribution < -0.4 is 0 Å². The van der Waals surface area contributed by atoms with Crippen molar-refractivity contribution in [3.05, 3.63) is 0 Å². The molecule has 0 unspecified atom stereocenters. The molecule has 0 spiro atoms. The number of hydrogen-bond acceptors (Lipinski definition) is 0. The molecule has 0 aliphatic carbocycles. The van der Waals surface area contributed by atoms with Crippen molar-refractivity contribution < 1.29 is 23.3 Å². The van der Waals surface area contributed by atoms with E-state index >= 15 is 0 Å². The van der Waals surface area contributed by atoms with Gasteiger partial charge in [0.1, 0.15) is 0 Å². The molecule has 0 radical (unpaired) electrons. The van der Waals surface area contributed by atoms with E-state index in [0.717, 1.165) is 0 Å². The van der Waals surface area contributed by atoms with E-state index < -0.39 is 10.6 Å². The first-order chi connectivity index (χ1) is 3.45. The van der Waals surface area contributed by atoms with Crippen molar-refractivity contribution >= 4 is 10.6 Å². The zero-order chi connectivity index (χ0) is 8.41. The second kappa shape index (κ2) is 1.71. The molecule has 0 aromatic carbocycles. The summed E-state index contributed by atoms with van der Waals surface area (Å²) in [5, 5.41) is 0. The summed E-state index contributed by atoms with van der Waals surface area (Å²) in [5.74, 6) is 0. The maximum atomic E-state index is 9.85. The third kappa shape index (κ3) is 56900. The van der Waals surface area contributed by atoms with Crippen LogP contribution in [0, 0.1) is 0 Å². The Morgan fingerprint density at radius 3 is 0.667 bits per heavy atom. The average molecular weight is 176 g/mol. The normalized spacial score (nSPS) is 18.7. The first-order valence-electron chi connectivity index (χ1n) is 1.93. The van der Waals surface area contributed by atoms with Crippen LogP contribution in [0.25, 0.3) is 0 Å². The minimum atomic E-state index is -10.5. The highest BCUT2D eigenvalue weighted by Gasteiger charge is 2.64. The lowest BCUT2D eigenvalue weighted by Crippen LogP contribution is -1.92. The second-order valence-corrected chi connectivity index (χ2v) is 2.62. The average Bonchev–Trinajstić information content (AvgIpc) is 1.30. The van der Waals surface area contributed by atoms with Gasteiger partial charge in [-0.1, -0.05) is 37.2 Å². The SMILES string of the molecule is CC.FS(F)(F)(F)(F)F.